The summed E-state index contributed by atoms with van der Waals surface area (Å²) in [5, 5.41) is 24.5. The highest BCUT2D eigenvalue weighted by atomic mass is 32.2. The highest BCUT2D eigenvalue weighted by Crippen LogP contribution is 2.40. The molecule has 10 nitrogen and oxygen atoms in total. The number of rotatable bonds is 12. The maximum absolute atomic E-state index is 14.0. The Bertz CT molecular complexity index is 1800. The van der Waals surface area contributed by atoms with E-state index < -0.39 is 63.4 Å². The van der Waals surface area contributed by atoms with Crippen molar-refractivity contribution in [3.8, 4) is 11.1 Å². The smallest absolute Gasteiger partial charge is 0.394 e. The van der Waals surface area contributed by atoms with Gasteiger partial charge in [-0.1, -0.05) is 42.5 Å². The molecule has 0 fully saturated rings. The van der Waals surface area contributed by atoms with E-state index in [9.17, 15) is 36.3 Å². The van der Waals surface area contributed by atoms with Crippen molar-refractivity contribution in [2.24, 2.45) is 0 Å². The summed E-state index contributed by atoms with van der Waals surface area (Å²) >= 11 is 1.03. The van der Waals surface area contributed by atoms with Gasteiger partial charge in [0, 0.05) is 40.3 Å². The van der Waals surface area contributed by atoms with Gasteiger partial charge in [0.15, 0.2) is 0 Å². The van der Waals surface area contributed by atoms with Crippen molar-refractivity contribution in [1.82, 2.24) is 15.4 Å². The number of aliphatic hydroxyl groups is 2. The van der Waals surface area contributed by atoms with E-state index in [2.05, 4.69) is 15.4 Å². The second-order valence-corrected chi connectivity index (χ2v) is 16.6. The summed E-state index contributed by atoms with van der Waals surface area (Å²) in [6.07, 6.45) is -5.71. The molecule has 3 aromatic rings. The van der Waals surface area contributed by atoms with Crippen LogP contribution in [0.15, 0.2) is 76.5 Å². The number of nitrogens with zero attached hydrogens (tertiary/aromatic N) is 1. The lowest BCUT2D eigenvalue weighted by Gasteiger charge is -2.29. The summed E-state index contributed by atoms with van der Waals surface area (Å²) in [4.78, 5) is 28.8. The number of fused-ring (bicyclic) bond motifs is 1. The van der Waals surface area contributed by atoms with Gasteiger partial charge in [-0.2, -0.15) is 13.2 Å². The van der Waals surface area contributed by atoms with E-state index in [1.165, 1.54) is 17.0 Å². The van der Waals surface area contributed by atoms with Crippen molar-refractivity contribution in [3.63, 3.8) is 0 Å². The molecule has 1 heterocycles. The lowest BCUT2D eigenvalue weighted by atomic mass is 9.99. The SMILES string of the molecule is CC(C)(C)NS(=O)(=O)c1ccccc1-c1ccc(CN2C(=O)[C@H](NC(=O)CC(C)(C)NC[C@H](O)CO)CSc3cc(C(F)(F)F)ccc32)cc1. The highest BCUT2D eigenvalue weighted by Gasteiger charge is 2.36. The van der Waals surface area contributed by atoms with E-state index in [1.807, 2.05) is 0 Å². The van der Waals surface area contributed by atoms with E-state index in [4.69, 9.17) is 5.11 Å². The van der Waals surface area contributed by atoms with Crippen molar-refractivity contribution in [2.45, 2.75) is 86.8 Å². The number of amides is 2. The van der Waals surface area contributed by atoms with Crippen LogP contribution in [0.25, 0.3) is 11.1 Å². The summed E-state index contributed by atoms with van der Waals surface area (Å²) in [6.45, 7) is 8.21. The zero-order valence-corrected chi connectivity index (χ0v) is 30.1. The molecule has 5 N–H and O–H groups in total. The van der Waals surface area contributed by atoms with E-state index in [0.717, 1.165) is 23.9 Å². The Balaban J connectivity index is 1.62. The second-order valence-electron chi connectivity index (χ2n) is 13.9. The van der Waals surface area contributed by atoms with Gasteiger partial charge < -0.3 is 25.7 Å². The number of aliphatic hydroxyl groups excluding tert-OH is 2. The predicted octanol–water partition coefficient (Wildman–Crippen LogP) is 4.68. The van der Waals surface area contributed by atoms with Crippen LogP contribution in [0.3, 0.4) is 0 Å². The quantitative estimate of drug-likeness (QED) is 0.180. The third kappa shape index (κ3) is 10.3. The number of hydrogen-bond donors (Lipinski definition) is 5. The summed E-state index contributed by atoms with van der Waals surface area (Å²) in [7, 11) is -3.87. The summed E-state index contributed by atoms with van der Waals surface area (Å²) < 4.78 is 70.1. The van der Waals surface area contributed by atoms with Crippen LogP contribution in [-0.2, 0) is 32.3 Å². The van der Waals surface area contributed by atoms with Crippen LogP contribution in [0.4, 0.5) is 18.9 Å². The molecule has 1 aliphatic rings. The molecule has 4 rings (SSSR count). The van der Waals surface area contributed by atoms with Crippen LogP contribution in [0, 0.1) is 0 Å². The molecule has 0 aromatic heterocycles. The fourth-order valence-electron chi connectivity index (χ4n) is 5.38. The lowest BCUT2D eigenvalue weighted by molar-refractivity contribution is -0.137. The van der Waals surface area contributed by atoms with Gasteiger partial charge in [-0.15, -0.1) is 11.8 Å². The summed E-state index contributed by atoms with van der Waals surface area (Å²) in [6, 6.07) is 15.5. The average molecular weight is 737 g/mol. The standard InChI is InChI=1S/C35H43F3N4O6S2/c1-33(2,3)41-50(47,48)30-9-7-6-8-26(30)23-12-10-22(11-13-23)19-42-28-15-14-24(35(36,37)38)16-29(28)49-21-27(32(42)46)40-31(45)17-34(4,5)39-18-25(44)20-43/h6-16,25,27,39,41,43-44H,17-21H2,1-5H3,(H,40,45)/t25-,27+/m0/s1. The zero-order valence-electron chi connectivity index (χ0n) is 28.5. The van der Waals surface area contributed by atoms with Crippen molar-refractivity contribution in [2.75, 3.05) is 23.8 Å². The minimum Gasteiger partial charge on any atom is -0.394 e. The molecule has 0 aliphatic carbocycles. The molecule has 3 aromatic carbocycles. The third-order valence-corrected chi connectivity index (χ3v) is 10.7. The van der Waals surface area contributed by atoms with Gasteiger partial charge in [0.1, 0.15) is 6.04 Å². The Labute approximate surface area is 294 Å². The second kappa shape index (κ2) is 15.4. The summed E-state index contributed by atoms with van der Waals surface area (Å²) in [5.74, 6) is -1.01. The van der Waals surface area contributed by atoms with Gasteiger partial charge in [0.25, 0.3) is 5.91 Å². The van der Waals surface area contributed by atoms with Crippen LogP contribution in [0.5, 0.6) is 0 Å². The number of carbonyl (C=O) groups excluding carboxylic acids is 2. The first-order chi connectivity index (χ1) is 23.2. The zero-order chi connectivity index (χ0) is 37.1. The van der Waals surface area contributed by atoms with E-state index in [1.54, 1.807) is 77.1 Å². The van der Waals surface area contributed by atoms with E-state index in [-0.39, 0.29) is 40.7 Å². The summed E-state index contributed by atoms with van der Waals surface area (Å²) in [5.41, 5.74) is -0.439. The fourth-order valence-corrected chi connectivity index (χ4v) is 8.14. The molecule has 1 aliphatic heterocycles. The number of benzene rings is 3. The molecular formula is C35H43F3N4O6S2. The van der Waals surface area contributed by atoms with Crippen LogP contribution in [0.2, 0.25) is 0 Å². The van der Waals surface area contributed by atoms with Crippen LogP contribution < -0.4 is 20.3 Å². The molecule has 50 heavy (non-hydrogen) atoms. The molecule has 2 atom stereocenters. The van der Waals surface area contributed by atoms with Crippen molar-refractivity contribution < 1.29 is 41.4 Å². The van der Waals surface area contributed by atoms with Gasteiger partial charge in [0.2, 0.25) is 15.9 Å². The molecule has 15 heteroatoms. The monoisotopic (exact) mass is 736 g/mol. The van der Waals surface area contributed by atoms with Crippen LogP contribution in [0.1, 0.15) is 52.2 Å². The Hall–Kier alpha value is -3.47. The van der Waals surface area contributed by atoms with Gasteiger partial charge in [-0.05, 0) is 70.0 Å². The Morgan fingerprint density at radius 1 is 1.02 bits per heavy atom. The van der Waals surface area contributed by atoms with E-state index >= 15 is 0 Å². The Morgan fingerprint density at radius 2 is 1.68 bits per heavy atom. The normalized spacial score (nSPS) is 16.5. The number of β-amino-alcohol motifs (C(OH)–C–C–N with tert-alkyl or cyclic N) is 1. The number of carbonyl (C=O) groups is 2. The van der Waals surface area contributed by atoms with Crippen molar-refractivity contribution in [1.29, 1.82) is 0 Å². The minimum absolute atomic E-state index is 0.0146. The number of alkyl halides is 3. The molecular weight excluding hydrogens is 694 g/mol. The fraction of sp³-hybridized carbons (Fsp3) is 0.429. The predicted molar refractivity (Wildman–Crippen MR) is 187 cm³/mol. The van der Waals surface area contributed by atoms with Gasteiger partial charge in [-0.3, -0.25) is 9.59 Å². The number of halogens is 3. The first kappa shape index (κ1) is 39.3. The molecule has 0 saturated carbocycles. The van der Waals surface area contributed by atoms with Crippen molar-refractivity contribution >= 4 is 39.3 Å². The molecule has 0 radical (unpaired) electrons. The molecule has 0 saturated heterocycles. The Morgan fingerprint density at radius 3 is 2.30 bits per heavy atom. The molecule has 2 amide bonds. The molecule has 0 spiro atoms. The number of thioether (sulfide) groups is 1. The topological polar surface area (TPSA) is 148 Å². The first-order valence-corrected chi connectivity index (χ1v) is 18.4. The number of nitrogens with one attached hydrogen (secondary N) is 3. The maximum Gasteiger partial charge on any atom is 0.416 e. The largest absolute Gasteiger partial charge is 0.416 e. The molecule has 272 valence electrons. The van der Waals surface area contributed by atoms with Crippen LogP contribution >= 0.6 is 11.8 Å². The number of sulfonamides is 1. The third-order valence-electron chi connectivity index (χ3n) is 7.74. The highest BCUT2D eigenvalue weighted by molar-refractivity contribution is 7.99. The molecule has 0 unspecified atom stereocenters. The van der Waals surface area contributed by atoms with Crippen LogP contribution in [-0.4, -0.2) is 72.6 Å². The van der Waals surface area contributed by atoms with E-state index in [0.29, 0.717) is 16.7 Å². The molecule has 0 bridgehead atoms. The van der Waals surface area contributed by atoms with Gasteiger partial charge in [-0.25, -0.2) is 13.1 Å². The Kier molecular flexibility index (Phi) is 12.1. The number of hydrogen-bond acceptors (Lipinski definition) is 8. The van der Waals surface area contributed by atoms with Gasteiger partial charge >= 0.3 is 6.18 Å². The number of anilines is 1. The minimum atomic E-state index is -4.60. The lowest BCUT2D eigenvalue weighted by Crippen LogP contribution is -2.52. The van der Waals surface area contributed by atoms with Crippen molar-refractivity contribution in [3.05, 3.63) is 77.9 Å². The van der Waals surface area contributed by atoms with Gasteiger partial charge in [0.05, 0.1) is 35.4 Å². The maximum atomic E-state index is 14.0. The average Bonchev–Trinajstić information content (AvgIpc) is 3.14. The first-order valence-electron chi connectivity index (χ1n) is 15.9.